The number of nitrogens with two attached hydrogens (primary N) is 2. The third-order valence-electron chi connectivity index (χ3n) is 2.82. The Hall–Kier alpha value is -1.55. The van der Waals surface area contributed by atoms with Gasteiger partial charge in [0.25, 0.3) is 0 Å². The van der Waals surface area contributed by atoms with Gasteiger partial charge in [-0.05, 0) is 37.0 Å². The van der Waals surface area contributed by atoms with E-state index >= 15 is 0 Å². The molecule has 1 atom stereocenters. The Morgan fingerprint density at radius 2 is 1.88 bits per heavy atom. The Bertz CT molecular complexity index is 393. The van der Waals surface area contributed by atoms with Crippen LogP contribution in [0.25, 0.3) is 0 Å². The standard InChI is InChI=1S/C13H20N2O2/c1-8-6-10(7-9(2)13(8)17-3)11(14)4-5-12(15)16/h6-7,11H,4-5,14H2,1-3H3,(H2,15,16). The maximum atomic E-state index is 10.7. The summed E-state index contributed by atoms with van der Waals surface area (Å²) in [5.74, 6) is 0.568. The van der Waals surface area contributed by atoms with Crippen molar-refractivity contribution < 1.29 is 9.53 Å². The lowest BCUT2D eigenvalue weighted by Crippen LogP contribution is -2.16. The normalized spacial score (nSPS) is 12.2. The average Bonchev–Trinajstić information content (AvgIpc) is 2.25. The molecule has 0 spiro atoms. The van der Waals surface area contributed by atoms with E-state index in [2.05, 4.69) is 0 Å². The molecule has 1 amide bonds. The Balaban J connectivity index is 2.88. The molecule has 1 aromatic rings. The molecule has 1 aromatic carbocycles. The number of rotatable bonds is 5. The molecule has 0 fully saturated rings. The van der Waals surface area contributed by atoms with Crippen LogP contribution in [0.1, 0.15) is 35.6 Å². The van der Waals surface area contributed by atoms with E-state index in [1.165, 1.54) is 0 Å². The van der Waals surface area contributed by atoms with E-state index in [9.17, 15) is 4.79 Å². The lowest BCUT2D eigenvalue weighted by Gasteiger charge is -2.15. The molecule has 1 rings (SSSR count). The van der Waals surface area contributed by atoms with Crippen molar-refractivity contribution in [2.45, 2.75) is 32.7 Å². The fraction of sp³-hybridized carbons (Fsp3) is 0.462. The molecule has 4 nitrogen and oxygen atoms in total. The van der Waals surface area contributed by atoms with Crippen LogP contribution in [0.4, 0.5) is 0 Å². The number of carbonyl (C=O) groups is 1. The molecule has 94 valence electrons. The first kappa shape index (κ1) is 13.5. The second-order valence-electron chi connectivity index (χ2n) is 4.30. The first-order valence-corrected chi connectivity index (χ1v) is 5.64. The molecule has 0 saturated heterocycles. The number of aryl methyl sites for hydroxylation is 2. The van der Waals surface area contributed by atoms with Crippen molar-refractivity contribution in [2.24, 2.45) is 11.5 Å². The largest absolute Gasteiger partial charge is 0.496 e. The highest BCUT2D eigenvalue weighted by Crippen LogP contribution is 2.27. The number of methoxy groups -OCH3 is 1. The molecule has 4 N–H and O–H groups in total. The Morgan fingerprint density at radius 3 is 2.29 bits per heavy atom. The molecule has 1 unspecified atom stereocenters. The average molecular weight is 236 g/mol. The minimum absolute atomic E-state index is 0.161. The van der Waals surface area contributed by atoms with Crippen LogP contribution in [0, 0.1) is 13.8 Å². The highest BCUT2D eigenvalue weighted by molar-refractivity contribution is 5.73. The van der Waals surface area contributed by atoms with Crippen LogP contribution in [-0.2, 0) is 4.79 Å². The highest BCUT2D eigenvalue weighted by atomic mass is 16.5. The molecule has 0 heterocycles. The van der Waals surface area contributed by atoms with E-state index in [4.69, 9.17) is 16.2 Å². The van der Waals surface area contributed by atoms with Gasteiger partial charge in [-0.1, -0.05) is 12.1 Å². The minimum Gasteiger partial charge on any atom is -0.496 e. The number of ether oxygens (including phenoxy) is 1. The summed E-state index contributed by atoms with van der Waals surface area (Å²) in [6.07, 6.45) is 0.881. The predicted octanol–water partition coefficient (Wildman–Crippen LogP) is 1.58. The van der Waals surface area contributed by atoms with Crippen molar-refractivity contribution in [3.8, 4) is 5.75 Å². The van der Waals surface area contributed by atoms with Crippen molar-refractivity contribution in [1.82, 2.24) is 0 Å². The fourth-order valence-electron chi connectivity index (χ4n) is 1.98. The summed E-state index contributed by atoms with van der Waals surface area (Å²) in [5.41, 5.74) is 14.3. The topological polar surface area (TPSA) is 78.3 Å². The summed E-state index contributed by atoms with van der Waals surface area (Å²) in [7, 11) is 1.65. The minimum atomic E-state index is -0.317. The van der Waals surface area contributed by atoms with Crippen molar-refractivity contribution in [3.63, 3.8) is 0 Å². The van der Waals surface area contributed by atoms with Crippen LogP contribution in [0.5, 0.6) is 5.75 Å². The molecule has 17 heavy (non-hydrogen) atoms. The van der Waals surface area contributed by atoms with Crippen LogP contribution >= 0.6 is 0 Å². The molecule has 0 aliphatic heterocycles. The first-order valence-electron chi connectivity index (χ1n) is 5.64. The number of primary amides is 1. The number of hydrogen-bond donors (Lipinski definition) is 2. The molecule has 4 heteroatoms. The van der Waals surface area contributed by atoms with Gasteiger partial charge in [-0.2, -0.15) is 0 Å². The van der Waals surface area contributed by atoms with Gasteiger partial charge in [0.05, 0.1) is 7.11 Å². The fourth-order valence-corrected chi connectivity index (χ4v) is 1.98. The summed E-state index contributed by atoms with van der Waals surface area (Å²) in [6, 6.07) is 3.83. The summed E-state index contributed by atoms with van der Waals surface area (Å²) in [5, 5.41) is 0. The van der Waals surface area contributed by atoms with E-state index in [1.54, 1.807) is 7.11 Å². The van der Waals surface area contributed by atoms with Gasteiger partial charge >= 0.3 is 0 Å². The third kappa shape index (κ3) is 3.46. The van der Waals surface area contributed by atoms with E-state index in [-0.39, 0.29) is 11.9 Å². The lowest BCUT2D eigenvalue weighted by atomic mass is 9.98. The lowest BCUT2D eigenvalue weighted by molar-refractivity contribution is -0.118. The first-order chi connectivity index (χ1) is 7.95. The van der Waals surface area contributed by atoms with E-state index < -0.39 is 0 Å². The van der Waals surface area contributed by atoms with Gasteiger partial charge in [-0.3, -0.25) is 4.79 Å². The molecule has 0 aliphatic rings. The van der Waals surface area contributed by atoms with Crippen LogP contribution in [0.15, 0.2) is 12.1 Å². The van der Waals surface area contributed by atoms with Crippen LogP contribution < -0.4 is 16.2 Å². The number of carbonyl (C=O) groups excluding carboxylic acids is 1. The van der Waals surface area contributed by atoms with E-state index in [0.29, 0.717) is 12.8 Å². The van der Waals surface area contributed by atoms with Crippen LogP contribution in [0.3, 0.4) is 0 Å². The van der Waals surface area contributed by atoms with Crippen molar-refractivity contribution in [2.75, 3.05) is 7.11 Å². The highest BCUT2D eigenvalue weighted by Gasteiger charge is 2.11. The SMILES string of the molecule is COc1c(C)cc(C(N)CCC(N)=O)cc1C. The third-order valence-corrected chi connectivity index (χ3v) is 2.82. The van der Waals surface area contributed by atoms with Gasteiger partial charge < -0.3 is 16.2 Å². The van der Waals surface area contributed by atoms with Gasteiger partial charge in [-0.25, -0.2) is 0 Å². The van der Waals surface area contributed by atoms with Gasteiger partial charge in [0.15, 0.2) is 0 Å². The Kier molecular flexibility index (Phi) is 4.52. The van der Waals surface area contributed by atoms with Crippen molar-refractivity contribution >= 4 is 5.91 Å². The maximum absolute atomic E-state index is 10.7. The van der Waals surface area contributed by atoms with Crippen LogP contribution in [0.2, 0.25) is 0 Å². The zero-order valence-corrected chi connectivity index (χ0v) is 10.6. The van der Waals surface area contributed by atoms with Gasteiger partial charge in [0.2, 0.25) is 5.91 Å². The van der Waals surface area contributed by atoms with Gasteiger partial charge in [0, 0.05) is 12.5 Å². The zero-order valence-electron chi connectivity index (χ0n) is 10.6. The van der Waals surface area contributed by atoms with Gasteiger partial charge in [-0.15, -0.1) is 0 Å². The second-order valence-corrected chi connectivity index (χ2v) is 4.30. The maximum Gasteiger partial charge on any atom is 0.217 e. The summed E-state index contributed by atoms with van der Waals surface area (Å²) >= 11 is 0. The summed E-state index contributed by atoms with van der Waals surface area (Å²) in [4.78, 5) is 10.7. The quantitative estimate of drug-likeness (QED) is 0.814. The molecular weight excluding hydrogens is 216 g/mol. The summed E-state index contributed by atoms with van der Waals surface area (Å²) < 4.78 is 5.29. The zero-order chi connectivity index (χ0) is 13.0. The number of benzene rings is 1. The molecule has 0 radical (unpaired) electrons. The van der Waals surface area contributed by atoms with Gasteiger partial charge in [0.1, 0.15) is 5.75 Å². The van der Waals surface area contributed by atoms with E-state index in [1.807, 2.05) is 26.0 Å². The molecule has 0 aliphatic carbocycles. The smallest absolute Gasteiger partial charge is 0.217 e. The predicted molar refractivity (Wildman–Crippen MR) is 67.8 cm³/mol. The number of amides is 1. The Labute approximate surface area is 102 Å². The molecule has 0 saturated carbocycles. The van der Waals surface area contributed by atoms with Crippen molar-refractivity contribution in [3.05, 3.63) is 28.8 Å². The molecule has 0 bridgehead atoms. The summed E-state index contributed by atoms with van der Waals surface area (Å²) in [6.45, 7) is 3.96. The Morgan fingerprint density at radius 1 is 1.35 bits per heavy atom. The van der Waals surface area contributed by atoms with E-state index in [0.717, 1.165) is 22.4 Å². The molecule has 0 aromatic heterocycles. The second kappa shape index (κ2) is 5.68. The van der Waals surface area contributed by atoms with Crippen molar-refractivity contribution in [1.29, 1.82) is 0 Å². The number of hydrogen-bond acceptors (Lipinski definition) is 3. The molecular formula is C13H20N2O2. The monoisotopic (exact) mass is 236 g/mol. The van der Waals surface area contributed by atoms with Crippen LogP contribution in [-0.4, -0.2) is 13.0 Å².